The van der Waals surface area contributed by atoms with Crippen LogP contribution in [0.4, 0.5) is 0 Å². The summed E-state index contributed by atoms with van der Waals surface area (Å²) in [7, 11) is -3.50. The average molecular weight is 356 g/mol. The van der Waals surface area contributed by atoms with Crippen LogP contribution in [-0.2, 0) is 34.3 Å². The van der Waals surface area contributed by atoms with E-state index < -0.39 is 10.0 Å². The molecule has 0 radical (unpaired) electrons. The maximum atomic E-state index is 12.4. The van der Waals surface area contributed by atoms with E-state index in [0.717, 1.165) is 21.7 Å². The Labute approximate surface area is 137 Å². The van der Waals surface area contributed by atoms with Gasteiger partial charge in [0.2, 0.25) is 15.9 Å². The predicted molar refractivity (Wildman–Crippen MR) is 87.5 cm³/mol. The van der Waals surface area contributed by atoms with Crippen molar-refractivity contribution in [3.05, 3.63) is 38.9 Å². The molecule has 5 nitrogen and oxygen atoms in total. The first-order chi connectivity index (χ1) is 10.5. The summed E-state index contributed by atoms with van der Waals surface area (Å²) in [6, 6.07) is 5.50. The highest BCUT2D eigenvalue weighted by atomic mass is 32.2. The van der Waals surface area contributed by atoms with Crippen molar-refractivity contribution in [2.75, 3.05) is 6.54 Å². The van der Waals surface area contributed by atoms with Crippen LogP contribution in [0, 0.1) is 0 Å². The van der Waals surface area contributed by atoms with E-state index in [2.05, 4.69) is 4.72 Å². The van der Waals surface area contributed by atoms with E-state index in [9.17, 15) is 13.2 Å². The Morgan fingerprint density at radius 3 is 2.95 bits per heavy atom. The monoisotopic (exact) mass is 356 g/mol. The first-order valence-corrected chi connectivity index (χ1v) is 10.0. The van der Waals surface area contributed by atoms with E-state index in [0.29, 0.717) is 23.8 Å². The van der Waals surface area contributed by atoms with Crippen molar-refractivity contribution in [3.63, 3.8) is 0 Å². The number of nitrogens with zero attached hydrogens (tertiary/aromatic N) is 1. The molecule has 0 saturated heterocycles. The Kier molecular flexibility index (Phi) is 4.35. The maximum Gasteiger partial charge on any atom is 0.250 e. The number of thiophene rings is 2. The van der Waals surface area contributed by atoms with Gasteiger partial charge in [-0.3, -0.25) is 4.79 Å². The van der Waals surface area contributed by atoms with E-state index in [1.807, 2.05) is 17.5 Å². The van der Waals surface area contributed by atoms with Crippen molar-refractivity contribution >= 4 is 38.6 Å². The number of hydrogen-bond acceptors (Lipinski definition) is 5. The molecule has 1 amide bonds. The quantitative estimate of drug-likeness (QED) is 0.913. The summed E-state index contributed by atoms with van der Waals surface area (Å²) in [5.74, 6) is 0.0251. The first kappa shape index (κ1) is 15.7. The summed E-state index contributed by atoms with van der Waals surface area (Å²) in [5.41, 5.74) is 0.947. The van der Waals surface area contributed by atoms with Gasteiger partial charge in [-0.2, -0.15) is 0 Å². The average Bonchev–Trinajstić information content (AvgIpc) is 3.13. The lowest BCUT2D eigenvalue weighted by Crippen LogP contribution is -2.33. The minimum Gasteiger partial charge on any atom is -0.338 e. The second-order valence-electron chi connectivity index (χ2n) is 5.11. The smallest absolute Gasteiger partial charge is 0.250 e. The van der Waals surface area contributed by atoms with Crippen molar-refractivity contribution < 1.29 is 13.2 Å². The third-order valence-corrected chi connectivity index (χ3v) is 7.56. The molecule has 2 aromatic rings. The highest BCUT2D eigenvalue weighted by Crippen LogP contribution is 2.31. The number of sulfonamides is 1. The number of hydrogen-bond donors (Lipinski definition) is 1. The van der Waals surface area contributed by atoms with Crippen molar-refractivity contribution in [1.82, 2.24) is 9.62 Å². The fourth-order valence-electron chi connectivity index (χ4n) is 2.36. The van der Waals surface area contributed by atoms with Gasteiger partial charge in [0, 0.05) is 36.3 Å². The molecule has 3 rings (SSSR count). The Balaban J connectivity index is 1.76. The van der Waals surface area contributed by atoms with Gasteiger partial charge in [0.15, 0.2) is 0 Å². The van der Waals surface area contributed by atoms with Crippen molar-refractivity contribution in [2.24, 2.45) is 0 Å². The Morgan fingerprint density at radius 1 is 1.45 bits per heavy atom. The molecule has 8 heteroatoms. The Hall–Kier alpha value is -1.22. The molecular formula is C14H16N2O3S3. The summed E-state index contributed by atoms with van der Waals surface area (Å²) in [5, 5.41) is 1.92. The maximum absolute atomic E-state index is 12.4. The number of nitrogens with one attached hydrogen (secondary N) is 1. The number of carbonyl (C=O) groups excluding carboxylic acids is 1. The zero-order valence-corrected chi connectivity index (χ0v) is 14.5. The standard InChI is InChI=1S/C14H16N2O3S3/c1-10(17)16-5-4-13-11(9-16)7-14(21-13)22(18,19)15-8-12-3-2-6-20-12/h2-3,6-7,15H,4-5,8-9H2,1H3. The normalized spacial score (nSPS) is 14.9. The highest BCUT2D eigenvalue weighted by Gasteiger charge is 2.25. The van der Waals surface area contributed by atoms with Crippen LogP contribution in [0.2, 0.25) is 0 Å². The predicted octanol–water partition coefficient (Wildman–Crippen LogP) is 2.19. The van der Waals surface area contributed by atoms with Crippen LogP contribution in [-0.4, -0.2) is 25.8 Å². The van der Waals surface area contributed by atoms with Gasteiger partial charge in [-0.15, -0.1) is 22.7 Å². The Morgan fingerprint density at radius 2 is 2.27 bits per heavy atom. The lowest BCUT2D eigenvalue weighted by atomic mass is 10.1. The lowest BCUT2D eigenvalue weighted by molar-refractivity contribution is -0.129. The SMILES string of the molecule is CC(=O)N1CCc2sc(S(=O)(=O)NCc3cccs3)cc2C1. The first-order valence-electron chi connectivity index (χ1n) is 6.85. The van der Waals surface area contributed by atoms with Gasteiger partial charge in [0.05, 0.1) is 0 Å². The molecule has 0 unspecified atom stereocenters. The largest absolute Gasteiger partial charge is 0.338 e. The van der Waals surface area contributed by atoms with Crippen LogP contribution < -0.4 is 4.72 Å². The van der Waals surface area contributed by atoms with Crippen molar-refractivity contribution in [3.8, 4) is 0 Å². The van der Waals surface area contributed by atoms with Crippen LogP contribution in [0.1, 0.15) is 22.2 Å². The van der Waals surface area contributed by atoms with Crippen LogP contribution in [0.15, 0.2) is 27.8 Å². The molecule has 2 aromatic heterocycles. The third-order valence-electron chi connectivity index (χ3n) is 3.57. The van der Waals surface area contributed by atoms with E-state index in [-0.39, 0.29) is 5.91 Å². The molecular weight excluding hydrogens is 340 g/mol. The molecule has 0 atom stereocenters. The van der Waals surface area contributed by atoms with Crippen LogP contribution in [0.25, 0.3) is 0 Å². The van der Waals surface area contributed by atoms with Gasteiger partial charge < -0.3 is 4.90 Å². The molecule has 0 aliphatic carbocycles. The molecule has 3 heterocycles. The zero-order chi connectivity index (χ0) is 15.7. The molecule has 0 spiro atoms. The summed E-state index contributed by atoms with van der Waals surface area (Å²) < 4.78 is 27.7. The molecule has 118 valence electrons. The van der Waals surface area contributed by atoms with Gasteiger partial charge in [0.1, 0.15) is 4.21 Å². The van der Waals surface area contributed by atoms with Gasteiger partial charge in [-0.25, -0.2) is 13.1 Å². The second-order valence-corrected chi connectivity index (χ2v) is 9.27. The second kappa shape index (κ2) is 6.11. The fraction of sp³-hybridized carbons (Fsp3) is 0.357. The third kappa shape index (κ3) is 3.24. The molecule has 1 aliphatic heterocycles. The van der Waals surface area contributed by atoms with Crippen molar-refractivity contribution in [2.45, 2.75) is 30.6 Å². The lowest BCUT2D eigenvalue weighted by Gasteiger charge is -2.25. The fourth-order valence-corrected chi connectivity index (χ4v) is 5.69. The highest BCUT2D eigenvalue weighted by molar-refractivity contribution is 7.91. The van der Waals surface area contributed by atoms with E-state index >= 15 is 0 Å². The topological polar surface area (TPSA) is 66.5 Å². The van der Waals surface area contributed by atoms with Gasteiger partial charge in [-0.05, 0) is 29.5 Å². The molecule has 0 fully saturated rings. The molecule has 0 saturated carbocycles. The van der Waals surface area contributed by atoms with E-state index in [1.54, 1.807) is 11.0 Å². The minimum atomic E-state index is -3.50. The molecule has 22 heavy (non-hydrogen) atoms. The molecule has 0 bridgehead atoms. The number of rotatable bonds is 4. The van der Waals surface area contributed by atoms with E-state index in [1.165, 1.54) is 29.6 Å². The summed E-state index contributed by atoms with van der Waals surface area (Å²) in [4.78, 5) is 15.2. The zero-order valence-electron chi connectivity index (χ0n) is 12.0. The van der Waals surface area contributed by atoms with Crippen LogP contribution in [0.3, 0.4) is 0 Å². The van der Waals surface area contributed by atoms with Crippen LogP contribution in [0.5, 0.6) is 0 Å². The minimum absolute atomic E-state index is 0.0251. The molecule has 0 aromatic carbocycles. The number of fused-ring (bicyclic) bond motifs is 1. The van der Waals surface area contributed by atoms with Crippen molar-refractivity contribution in [1.29, 1.82) is 0 Å². The van der Waals surface area contributed by atoms with Crippen LogP contribution >= 0.6 is 22.7 Å². The summed E-state index contributed by atoms with van der Waals surface area (Å²) >= 11 is 2.83. The van der Waals surface area contributed by atoms with Gasteiger partial charge in [-0.1, -0.05) is 6.07 Å². The summed E-state index contributed by atoms with van der Waals surface area (Å²) in [6.45, 7) is 3.01. The number of amides is 1. The van der Waals surface area contributed by atoms with Gasteiger partial charge >= 0.3 is 0 Å². The number of carbonyl (C=O) groups is 1. The molecule has 1 aliphatic rings. The van der Waals surface area contributed by atoms with E-state index in [4.69, 9.17) is 0 Å². The molecule has 1 N–H and O–H groups in total. The van der Waals surface area contributed by atoms with Gasteiger partial charge in [0.25, 0.3) is 0 Å². The Bertz CT molecular complexity index is 778. The summed E-state index contributed by atoms with van der Waals surface area (Å²) in [6.07, 6.45) is 0.722.